The van der Waals surface area contributed by atoms with Crippen LogP contribution in [0.25, 0.3) is 0 Å². The largest absolute Gasteiger partial charge is 0.480 e. The first kappa shape index (κ1) is 15.7. The lowest BCUT2D eigenvalue weighted by Gasteiger charge is -2.31. The highest BCUT2D eigenvalue weighted by molar-refractivity contribution is 8.00. The van der Waals surface area contributed by atoms with Gasteiger partial charge in [-0.3, -0.25) is 4.79 Å². The molecule has 1 N–H and O–H groups in total. The molecule has 1 amide bonds. The van der Waals surface area contributed by atoms with Gasteiger partial charge in [-0.25, -0.2) is 4.79 Å². The molecule has 1 heterocycles. The Labute approximate surface area is 125 Å². The summed E-state index contributed by atoms with van der Waals surface area (Å²) in [5.41, 5.74) is 0. The third kappa shape index (κ3) is 3.48. The number of carbonyl (C=O) groups excluding carboxylic acids is 1. The summed E-state index contributed by atoms with van der Waals surface area (Å²) in [6.07, 6.45) is 6.48. The Balaban J connectivity index is 2.04. The van der Waals surface area contributed by atoms with E-state index in [4.69, 9.17) is 0 Å². The van der Waals surface area contributed by atoms with Gasteiger partial charge in [-0.15, -0.1) is 11.8 Å². The van der Waals surface area contributed by atoms with Gasteiger partial charge in [0.15, 0.2) is 0 Å². The van der Waals surface area contributed by atoms with Crippen molar-refractivity contribution in [2.45, 2.75) is 63.8 Å². The third-order valence-corrected chi connectivity index (χ3v) is 5.99. The zero-order chi connectivity index (χ0) is 14.7. The van der Waals surface area contributed by atoms with E-state index in [1.807, 2.05) is 0 Å². The summed E-state index contributed by atoms with van der Waals surface area (Å²) >= 11 is 1.61. The van der Waals surface area contributed by atoms with Crippen LogP contribution in [0.15, 0.2) is 0 Å². The number of carbonyl (C=O) groups is 2. The maximum atomic E-state index is 12.6. The van der Waals surface area contributed by atoms with Gasteiger partial charge in [0.2, 0.25) is 5.91 Å². The Kier molecular flexibility index (Phi) is 5.35. The molecule has 0 aromatic rings. The summed E-state index contributed by atoms with van der Waals surface area (Å²) in [6, 6.07) is -0.636. The first-order chi connectivity index (χ1) is 9.50. The summed E-state index contributed by atoms with van der Waals surface area (Å²) in [7, 11) is 0. The Morgan fingerprint density at radius 3 is 2.45 bits per heavy atom. The van der Waals surface area contributed by atoms with Gasteiger partial charge in [0.05, 0.1) is 5.37 Å². The summed E-state index contributed by atoms with van der Waals surface area (Å²) < 4.78 is 0. The van der Waals surface area contributed by atoms with Gasteiger partial charge in [-0.1, -0.05) is 33.1 Å². The second kappa shape index (κ2) is 6.83. The van der Waals surface area contributed by atoms with E-state index in [1.165, 1.54) is 19.3 Å². The molecule has 5 heteroatoms. The molecule has 0 bridgehead atoms. The number of rotatable bonds is 4. The molecule has 2 unspecified atom stereocenters. The van der Waals surface area contributed by atoms with E-state index in [9.17, 15) is 14.7 Å². The van der Waals surface area contributed by atoms with E-state index in [0.717, 1.165) is 12.8 Å². The predicted octanol–water partition coefficient (Wildman–Crippen LogP) is 2.97. The van der Waals surface area contributed by atoms with Crippen LogP contribution in [0.2, 0.25) is 0 Å². The number of thioether (sulfide) groups is 1. The van der Waals surface area contributed by atoms with Gasteiger partial charge in [0, 0.05) is 12.2 Å². The second-order valence-corrected chi connectivity index (χ2v) is 7.48. The first-order valence-corrected chi connectivity index (χ1v) is 8.71. The summed E-state index contributed by atoms with van der Waals surface area (Å²) in [6.45, 7) is 4.12. The Morgan fingerprint density at radius 2 is 1.90 bits per heavy atom. The quantitative estimate of drug-likeness (QED) is 0.867. The fourth-order valence-electron chi connectivity index (χ4n) is 3.29. The lowest BCUT2D eigenvalue weighted by atomic mass is 9.86. The van der Waals surface area contributed by atoms with Gasteiger partial charge >= 0.3 is 5.97 Å². The minimum atomic E-state index is -0.863. The molecule has 2 aliphatic rings. The minimum Gasteiger partial charge on any atom is -0.480 e. The lowest BCUT2D eigenvalue weighted by Crippen LogP contribution is -2.47. The van der Waals surface area contributed by atoms with E-state index in [2.05, 4.69) is 13.8 Å². The van der Waals surface area contributed by atoms with E-state index in [1.54, 1.807) is 16.7 Å². The second-order valence-electron chi connectivity index (χ2n) is 6.33. The number of nitrogens with zero attached hydrogens (tertiary/aromatic N) is 1. The molecule has 0 aromatic carbocycles. The molecular formula is C15H25NO3S. The highest BCUT2D eigenvalue weighted by atomic mass is 32.2. The molecule has 114 valence electrons. The van der Waals surface area contributed by atoms with Crippen LogP contribution in [0.5, 0.6) is 0 Å². The Hall–Kier alpha value is -0.710. The molecule has 2 rings (SSSR count). The van der Waals surface area contributed by atoms with E-state index in [0.29, 0.717) is 24.0 Å². The lowest BCUT2D eigenvalue weighted by molar-refractivity contribution is -0.150. The molecule has 1 saturated carbocycles. The average Bonchev–Trinajstić information content (AvgIpc) is 2.84. The van der Waals surface area contributed by atoms with E-state index in [-0.39, 0.29) is 11.3 Å². The van der Waals surface area contributed by atoms with Gasteiger partial charge < -0.3 is 10.0 Å². The van der Waals surface area contributed by atoms with E-state index >= 15 is 0 Å². The van der Waals surface area contributed by atoms with E-state index < -0.39 is 12.0 Å². The zero-order valence-corrected chi connectivity index (χ0v) is 13.2. The monoisotopic (exact) mass is 299 g/mol. The number of aliphatic carboxylic acids is 1. The van der Waals surface area contributed by atoms with Crippen LogP contribution in [0, 0.1) is 11.8 Å². The van der Waals surface area contributed by atoms with Crippen LogP contribution in [0.4, 0.5) is 0 Å². The molecule has 2 fully saturated rings. The van der Waals surface area contributed by atoms with Gasteiger partial charge in [-0.2, -0.15) is 0 Å². The molecule has 1 aliphatic carbocycles. The zero-order valence-electron chi connectivity index (χ0n) is 12.4. The van der Waals surface area contributed by atoms with Crippen molar-refractivity contribution in [2.75, 3.05) is 5.75 Å². The standard InChI is InChI=1S/C15H25NO3S/c1-10(2)14-16(12(9-20-14)15(18)19)13(17)8-11-6-4-3-5-7-11/h10-12,14H,3-9H2,1-2H3,(H,18,19). The molecule has 0 spiro atoms. The van der Waals surface area contributed by atoms with Crippen molar-refractivity contribution in [1.29, 1.82) is 0 Å². The van der Waals surface area contributed by atoms with Crippen LogP contribution < -0.4 is 0 Å². The van der Waals surface area contributed by atoms with Crippen molar-refractivity contribution in [3.8, 4) is 0 Å². The van der Waals surface area contributed by atoms with Gasteiger partial charge in [-0.05, 0) is 24.7 Å². The molecule has 0 aromatic heterocycles. The summed E-state index contributed by atoms with van der Waals surface area (Å²) in [4.78, 5) is 25.6. The minimum absolute atomic E-state index is 0.0205. The summed E-state index contributed by atoms with van der Waals surface area (Å²) in [5.74, 6) is 0.462. The smallest absolute Gasteiger partial charge is 0.327 e. The number of carboxylic acids is 1. The van der Waals surface area contributed by atoms with Crippen LogP contribution in [-0.4, -0.2) is 39.1 Å². The van der Waals surface area contributed by atoms with Crippen LogP contribution >= 0.6 is 11.8 Å². The average molecular weight is 299 g/mol. The van der Waals surface area contributed by atoms with Crippen LogP contribution in [0.1, 0.15) is 52.4 Å². The first-order valence-electron chi connectivity index (χ1n) is 7.66. The van der Waals surface area contributed by atoms with Crippen LogP contribution in [-0.2, 0) is 9.59 Å². The topological polar surface area (TPSA) is 57.6 Å². The van der Waals surface area contributed by atoms with Crippen molar-refractivity contribution in [3.63, 3.8) is 0 Å². The Morgan fingerprint density at radius 1 is 1.25 bits per heavy atom. The normalized spacial score (nSPS) is 28.1. The summed E-state index contributed by atoms with van der Waals surface area (Å²) in [5, 5.41) is 9.35. The number of hydrogen-bond donors (Lipinski definition) is 1. The fraction of sp³-hybridized carbons (Fsp3) is 0.867. The maximum absolute atomic E-state index is 12.6. The molecule has 1 aliphatic heterocycles. The highest BCUT2D eigenvalue weighted by Gasteiger charge is 2.43. The fourth-order valence-corrected chi connectivity index (χ4v) is 4.78. The molecule has 20 heavy (non-hydrogen) atoms. The van der Waals surface area contributed by atoms with Crippen molar-refractivity contribution in [1.82, 2.24) is 4.90 Å². The molecule has 1 saturated heterocycles. The molecule has 0 radical (unpaired) electrons. The maximum Gasteiger partial charge on any atom is 0.327 e. The number of carboxylic acid groups (broad SMARTS) is 1. The SMILES string of the molecule is CC(C)C1SCC(C(=O)O)N1C(=O)CC1CCCCC1. The van der Waals surface area contributed by atoms with Crippen molar-refractivity contribution >= 4 is 23.6 Å². The molecule has 4 nitrogen and oxygen atoms in total. The van der Waals surface area contributed by atoms with Gasteiger partial charge in [0.1, 0.15) is 6.04 Å². The van der Waals surface area contributed by atoms with Crippen LogP contribution in [0.3, 0.4) is 0 Å². The van der Waals surface area contributed by atoms with Crippen molar-refractivity contribution < 1.29 is 14.7 Å². The predicted molar refractivity (Wildman–Crippen MR) is 80.5 cm³/mol. The third-order valence-electron chi connectivity index (χ3n) is 4.37. The number of hydrogen-bond acceptors (Lipinski definition) is 3. The van der Waals surface area contributed by atoms with Crippen molar-refractivity contribution in [2.24, 2.45) is 11.8 Å². The van der Waals surface area contributed by atoms with Crippen molar-refractivity contribution in [3.05, 3.63) is 0 Å². The molecule has 2 atom stereocenters. The highest BCUT2D eigenvalue weighted by Crippen LogP contribution is 2.36. The molecular weight excluding hydrogens is 274 g/mol. The van der Waals surface area contributed by atoms with Gasteiger partial charge in [0.25, 0.3) is 0 Å². The Bertz CT molecular complexity index is 366. The number of amides is 1.